The standard InChI is InChI=1S/C21H27N3O2/c1-14(2)8-9-24(3)13-15-4-7-19-16(10-15)5-6-17-11-18(20(22)25)12-23-21(17)26-19/h4,7,10-12,14H,5-6,8-9,13H2,1-3H3,(H2,22,25). The third-order valence-corrected chi connectivity index (χ3v) is 4.75. The van der Waals surface area contributed by atoms with Gasteiger partial charge in [0.05, 0.1) is 5.56 Å². The minimum absolute atomic E-state index is 0.422. The number of rotatable bonds is 6. The maximum atomic E-state index is 11.4. The molecular weight excluding hydrogens is 326 g/mol. The summed E-state index contributed by atoms with van der Waals surface area (Å²) in [4.78, 5) is 18.0. The number of carbonyl (C=O) groups excluding carboxylic acids is 1. The maximum absolute atomic E-state index is 11.4. The highest BCUT2D eigenvalue weighted by molar-refractivity contribution is 5.92. The first-order valence-corrected chi connectivity index (χ1v) is 9.19. The molecule has 0 unspecified atom stereocenters. The van der Waals surface area contributed by atoms with E-state index in [1.165, 1.54) is 23.7 Å². The lowest BCUT2D eigenvalue weighted by molar-refractivity contribution is 0.1000. The molecule has 0 radical (unpaired) electrons. The van der Waals surface area contributed by atoms with E-state index < -0.39 is 5.91 Å². The monoisotopic (exact) mass is 353 g/mol. The zero-order valence-electron chi connectivity index (χ0n) is 15.8. The van der Waals surface area contributed by atoms with Crippen LogP contribution in [-0.4, -0.2) is 29.4 Å². The highest BCUT2D eigenvalue weighted by atomic mass is 16.5. The van der Waals surface area contributed by atoms with Gasteiger partial charge in [-0.05, 0) is 62.0 Å². The summed E-state index contributed by atoms with van der Waals surface area (Å²) in [5.41, 5.74) is 9.17. The van der Waals surface area contributed by atoms with Gasteiger partial charge in [-0.1, -0.05) is 26.0 Å². The van der Waals surface area contributed by atoms with Gasteiger partial charge < -0.3 is 15.4 Å². The molecule has 2 heterocycles. The molecule has 5 heteroatoms. The number of hydrogen-bond donors (Lipinski definition) is 1. The molecule has 138 valence electrons. The quantitative estimate of drug-likeness (QED) is 0.862. The zero-order chi connectivity index (χ0) is 18.7. The van der Waals surface area contributed by atoms with Crippen molar-refractivity contribution in [2.75, 3.05) is 13.6 Å². The lowest BCUT2D eigenvalue weighted by atomic mass is 10.0. The number of amides is 1. The van der Waals surface area contributed by atoms with E-state index in [0.29, 0.717) is 17.4 Å². The van der Waals surface area contributed by atoms with Crippen molar-refractivity contribution in [3.63, 3.8) is 0 Å². The number of fused-ring (bicyclic) bond motifs is 2. The smallest absolute Gasteiger partial charge is 0.250 e. The van der Waals surface area contributed by atoms with Gasteiger partial charge in [0.15, 0.2) is 0 Å². The summed E-state index contributed by atoms with van der Waals surface area (Å²) in [6, 6.07) is 8.16. The molecule has 0 atom stereocenters. The van der Waals surface area contributed by atoms with Crippen molar-refractivity contribution < 1.29 is 9.53 Å². The lowest BCUT2D eigenvalue weighted by Gasteiger charge is -2.18. The van der Waals surface area contributed by atoms with E-state index >= 15 is 0 Å². The van der Waals surface area contributed by atoms with E-state index in [9.17, 15) is 4.79 Å². The van der Waals surface area contributed by atoms with Crippen LogP contribution in [0, 0.1) is 5.92 Å². The average Bonchev–Trinajstić information content (AvgIpc) is 2.78. The van der Waals surface area contributed by atoms with Gasteiger partial charge in [-0.3, -0.25) is 4.79 Å². The molecule has 0 bridgehead atoms. The molecule has 1 aliphatic rings. The van der Waals surface area contributed by atoms with E-state index in [1.54, 1.807) is 6.07 Å². The first kappa shape index (κ1) is 18.4. The molecule has 1 aliphatic heterocycles. The molecule has 26 heavy (non-hydrogen) atoms. The Kier molecular flexibility index (Phi) is 5.57. The number of carbonyl (C=O) groups is 1. The Morgan fingerprint density at radius 2 is 2.04 bits per heavy atom. The van der Waals surface area contributed by atoms with Gasteiger partial charge >= 0.3 is 0 Å². The Labute approximate surface area is 155 Å². The minimum atomic E-state index is -0.464. The number of nitrogens with two attached hydrogens (primary N) is 1. The molecular formula is C21H27N3O2. The van der Waals surface area contributed by atoms with E-state index in [0.717, 1.165) is 37.2 Å². The number of hydrogen-bond acceptors (Lipinski definition) is 4. The van der Waals surface area contributed by atoms with Crippen LogP contribution in [0.2, 0.25) is 0 Å². The normalized spacial score (nSPS) is 13.1. The molecule has 0 aliphatic carbocycles. The molecule has 2 N–H and O–H groups in total. The van der Waals surface area contributed by atoms with Crippen molar-refractivity contribution in [3.05, 3.63) is 52.7 Å². The van der Waals surface area contributed by atoms with Crippen LogP contribution in [-0.2, 0) is 19.4 Å². The number of nitrogens with zero attached hydrogens (tertiary/aromatic N) is 2. The summed E-state index contributed by atoms with van der Waals surface area (Å²) in [6.45, 7) is 6.53. The maximum Gasteiger partial charge on any atom is 0.250 e. The third kappa shape index (κ3) is 4.41. The summed E-state index contributed by atoms with van der Waals surface area (Å²) in [5, 5.41) is 0. The van der Waals surface area contributed by atoms with Crippen LogP contribution in [0.4, 0.5) is 0 Å². The molecule has 3 rings (SSSR count). The number of pyridine rings is 1. The Morgan fingerprint density at radius 1 is 1.27 bits per heavy atom. The van der Waals surface area contributed by atoms with E-state index in [1.807, 2.05) is 6.07 Å². The van der Waals surface area contributed by atoms with Crippen LogP contribution >= 0.6 is 0 Å². The largest absolute Gasteiger partial charge is 0.438 e. The highest BCUT2D eigenvalue weighted by Crippen LogP contribution is 2.33. The highest BCUT2D eigenvalue weighted by Gasteiger charge is 2.18. The fourth-order valence-corrected chi connectivity index (χ4v) is 3.17. The summed E-state index contributed by atoms with van der Waals surface area (Å²) in [7, 11) is 2.16. The molecule has 2 aromatic rings. The number of aromatic nitrogens is 1. The summed E-state index contributed by atoms with van der Waals surface area (Å²) < 4.78 is 6.00. The van der Waals surface area contributed by atoms with Crippen LogP contribution in [0.5, 0.6) is 11.6 Å². The Hall–Kier alpha value is -2.40. The fraction of sp³-hybridized carbons (Fsp3) is 0.429. The summed E-state index contributed by atoms with van der Waals surface area (Å²) in [5.74, 6) is 1.66. The van der Waals surface area contributed by atoms with E-state index in [-0.39, 0.29) is 0 Å². The first-order chi connectivity index (χ1) is 12.4. The zero-order valence-corrected chi connectivity index (χ0v) is 15.8. The predicted molar refractivity (Wildman–Crippen MR) is 102 cm³/mol. The topological polar surface area (TPSA) is 68.5 Å². The molecule has 5 nitrogen and oxygen atoms in total. The van der Waals surface area contributed by atoms with Crippen molar-refractivity contribution in [2.45, 2.75) is 39.7 Å². The molecule has 0 saturated carbocycles. The van der Waals surface area contributed by atoms with Crippen molar-refractivity contribution in [3.8, 4) is 11.6 Å². The number of ether oxygens (including phenoxy) is 1. The lowest BCUT2D eigenvalue weighted by Crippen LogP contribution is -2.20. The van der Waals surface area contributed by atoms with Gasteiger partial charge in [0.2, 0.25) is 11.8 Å². The van der Waals surface area contributed by atoms with Crippen LogP contribution in [0.3, 0.4) is 0 Å². The average molecular weight is 353 g/mol. The second-order valence-electron chi connectivity index (χ2n) is 7.52. The predicted octanol–water partition coefficient (Wildman–Crippen LogP) is 3.55. The van der Waals surface area contributed by atoms with Gasteiger partial charge in [-0.25, -0.2) is 4.98 Å². The SMILES string of the molecule is CC(C)CCN(C)Cc1ccc2c(c1)CCc1cc(C(N)=O)cnc1O2. The van der Waals surface area contributed by atoms with Gasteiger partial charge in [0, 0.05) is 18.3 Å². The van der Waals surface area contributed by atoms with Crippen molar-refractivity contribution in [1.82, 2.24) is 9.88 Å². The first-order valence-electron chi connectivity index (χ1n) is 9.19. The summed E-state index contributed by atoms with van der Waals surface area (Å²) >= 11 is 0. The number of benzene rings is 1. The molecule has 0 spiro atoms. The number of primary amides is 1. The molecule has 1 amide bonds. The van der Waals surface area contributed by atoms with Crippen molar-refractivity contribution >= 4 is 5.91 Å². The van der Waals surface area contributed by atoms with Crippen LogP contribution < -0.4 is 10.5 Å². The van der Waals surface area contributed by atoms with Crippen LogP contribution in [0.1, 0.15) is 47.3 Å². The second-order valence-corrected chi connectivity index (χ2v) is 7.52. The van der Waals surface area contributed by atoms with Gasteiger partial charge in [0.25, 0.3) is 0 Å². The molecule has 0 fully saturated rings. The van der Waals surface area contributed by atoms with Gasteiger partial charge in [-0.15, -0.1) is 0 Å². The Morgan fingerprint density at radius 3 is 2.77 bits per heavy atom. The molecule has 1 aromatic heterocycles. The van der Waals surface area contributed by atoms with Crippen molar-refractivity contribution in [1.29, 1.82) is 0 Å². The fourth-order valence-electron chi connectivity index (χ4n) is 3.17. The third-order valence-electron chi connectivity index (χ3n) is 4.75. The molecule has 1 aromatic carbocycles. The van der Waals surface area contributed by atoms with Crippen LogP contribution in [0.15, 0.2) is 30.5 Å². The Balaban J connectivity index is 1.74. The van der Waals surface area contributed by atoms with E-state index in [2.05, 4.69) is 42.9 Å². The Bertz CT molecular complexity index is 802. The van der Waals surface area contributed by atoms with Gasteiger partial charge in [0.1, 0.15) is 5.75 Å². The van der Waals surface area contributed by atoms with E-state index in [4.69, 9.17) is 10.5 Å². The van der Waals surface area contributed by atoms with Gasteiger partial charge in [-0.2, -0.15) is 0 Å². The number of aryl methyl sites for hydroxylation is 2. The second kappa shape index (κ2) is 7.87. The van der Waals surface area contributed by atoms with Crippen LogP contribution in [0.25, 0.3) is 0 Å². The minimum Gasteiger partial charge on any atom is -0.438 e. The van der Waals surface area contributed by atoms with Crippen molar-refractivity contribution in [2.24, 2.45) is 11.7 Å². The molecule has 0 saturated heterocycles. The summed E-state index contributed by atoms with van der Waals surface area (Å²) in [6.07, 6.45) is 4.32.